The number of nitrogens with zero attached hydrogens (tertiary/aromatic N) is 2. The second-order valence-corrected chi connectivity index (χ2v) is 7.53. The zero-order chi connectivity index (χ0) is 18.9. The molecule has 0 bridgehead atoms. The quantitative estimate of drug-likeness (QED) is 0.913. The number of ketones is 1. The highest BCUT2D eigenvalue weighted by Gasteiger charge is 2.36. The molecular weight excluding hydrogens is 326 g/mol. The highest BCUT2D eigenvalue weighted by molar-refractivity contribution is 6.11. The number of hydrogen-bond donors (Lipinski definition) is 1. The smallest absolute Gasteiger partial charge is 0.253 e. The van der Waals surface area contributed by atoms with Gasteiger partial charge >= 0.3 is 0 Å². The van der Waals surface area contributed by atoms with Crippen LogP contribution in [0.15, 0.2) is 24.5 Å². The monoisotopic (exact) mass is 351 g/mol. The standard InChI is InChI=1S/C21H25N3O2/c1-5-14-19(20(26)23-6-2)17(13-8-7-9-22-12-13)18-15(24-14)10-21(3,4)11-16(18)25/h7-9,12H,5-6,10-11H2,1-4H3,(H,23,26). The SMILES string of the molecule is CCNC(=O)c1c(CC)nc2c(c1-c1cccnc1)C(=O)CC(C)(C)C2. The van der Waals surface area contributed by atoms with E-state index in [4.69, 9.17) is 4.98 Å². The first-order valence-electron chi connectivity index (χ1n) is 9.15. The molecule has 1 N–H and O–H groups in total. The van der Waals surface area contributed by atoms with Gasteiger partial charge in [-0.15, -0.1) is 0 Å². The van der Waals surface area contributed by atoms with Gasteiger partial charge in [-0.2, -0.15) is 0 Å². The Labute approximate surface area is 154 Å². The predicted molar refractivity (Wildman–Crippen MR) is 101 cm³/mol. The van der Waals surface area contributed by atoms with Gasteiger partial charge in [0, 0.05) is 42.0 Å². The van der Waals surface area contributed by atoms with Gasteiger partial charge in [-0.25, -0.2) is 0 Å². The average Bonchev–Trinajstić information content (AvgIpc) is 2.59. The van der Waals surface area contributed by atoms with Crippen LogP contribution in [0.2, 0.25) is 0 Å². The maximum Gasteiger partial charge on any atom is 0.253 e. The van der Waals surface area contributed by atoms with Gasteiger partial charge in [0.25, 0.3) is 5.91 Å². The molecule has 26 heavy (non-hydrogen) atoms. The van der Waals surface area contributed by atoms with Crippen molar-refractivity contribution in [3.8, 4) is 11.1 Å². The molecule has 2 heterocycles. The maximum absolute atomic E-state index is 13.0. The Kier molecular flexibility index (Phi) is 4.90. The highest BCUT2D eigenvalue weighted by Crippen LogP contribution is 2.40. The minimum Gasteiger partial charge on any atom is -0.352 e. The molecule has 5 heteroatoms. The first kappa shape index (κ1) is 18.2. The summed E-state index contributed by atoms with van der Waals surface area (Å²) < 4.78 is 0. The minimum absolute atomic E-state index is 0.0517. The Hall–Kier alpha value is -2.56. The van der Waals surface area contributed by atoms with Crippen LogP contribution in [0.3, 0.4) is 0 Å². The summed E-state index contributed by atoms with van der Waals surface area (Å²) in [4.78, 5) is 34.9. The van der Waals surface area contributed by atoms with Crippen molar-refractivity contribution in [3.63, 3.8) is 0 Å². The molecule has 1 aliphatic carbocycles. The lowest BCUT2D eigenvalue weighted by Crippen LogP contribution is -2.32. The fraction of sp³-hybridized carbons (Fsp3) is 0.429. The Morgan fingerprint density at radius 2 is 2.00 bits per heavy atom. The zero-order valence-electron chi connectivity index (χ0n) is 15.8. The van der Waals surface area contributed by atoms with Gasteiger partial charge in [0.1, 0.15) is 0 Å². The summed E-state index contributed by atoms with van der Waals surface area (Å²) in [6, 6.07) is 3.73. The largest absolute Gasteiger partial charge is 0.352 e. The van der Waals surface area contributed by atoms with Crippen molar-refractivity contribution in [2.75, 3.05) is 6.54 Å². The summed E-state index contributed by atoms with van der Waals surface area (Å²) in [7, 11) is 0. The van der Waals surface area contributed by atoms with E-state index in [1.807, 2.05) is 26.0 Å². The van der Waals surface area contributed by atoms with E-state index in [0.717, 1.165) is 23.4 Å². The average molecular weight is 351 g/mol. The summed E-state index contributed by atoms with van der Waals surface area (Å²) in [6.07, 6.45) is 5.21. The number of nitrogens with one attached hydrogen (secondary N) is 1. The molecule has 0 saturated carbocycles. The predicted octanol–water partition coefficient (Wildman–Crippen LogP) is 3.61. The third-order valence-corrected chi connectivity index (χ3v) is 4.76. The second kappa shape index (κ2) is 6.98. The van der Waals surface area contributed by atoms with Crippen LogP contribution in [0.5, 0.6) is 0 Å². The van der Waals surface area contributed by atoms with Crippen LogP contribution >= 0.6 is 0 Å². The van der Waals surface area contributed by atoms with E-state index in [1.165, 1.54) is 0 Å². The summed E-state index contributed by atoms with van der Waals surface area (Å²) in [5.41, 5.74) is 3.99. The molecule has 5 nitrogen and oxygen atoms in total. The van der Waals surface area contributed by atoms with E-state index in [1.54, 1.807) is 12.4 Å². The molecule has 1 amide bonds. The summed E-state index contributed by atoms with van der Waals surface area (Å²) in [5, 5.41) is 2.87. The minimum atomic E-state index is -0.184. The first-order chi connectivity index (χ1) is 12.4. The number of hydrogen-bond acceptors (Lipinski definition) is 4. The van der Waals surface area contributed by atoms with Crippen LogP contribution in [-0.4, -0.2) is 28.2 Å². The number of pyridine rings is 2. The lowest BCUT2D eigenvalue weighted by molar-refractivity contribution is 0.0911. The number of Topliss-reactive ketones (excluding diaryl/α,β-unsaturated/α-hetero) is 1. The molecule has 136 valence electrons. The normalized spacial score (nSPS) is 15.5. The molecule has 0 atom stereocenters. The lowest BCUT2D eigenvalue weighted by Gasteiger charge is -2.32. The second-order valence-electron chi connectivity index (χ2n) is 7.53. The van der Waals surface area contributed by atoms with Gasteiger partial charge in [-0.1, -0.05) is 26.8 Å². The fourth-order valence-corrected chi connectivity index (χ4v) is 3.70. The van der Waals surface area contributed by atoms with E-state index in [9.17, 15) is 9.59 Å². The van der Waals surface area contributed by atoms with Gasteiger partial charge in [0.2, 0.25) is 0 Å². The maximum atomic E-state index is 13.0. The molecule has 0 spiro atoms. The molecular formula is C21H25N3O2. The third-order valence-electron chi connectivity index (χ3n) is 4.76. The fourth-order valence-electron chi connectivity index (χ4n) is 3.70. The number of rotatable bonds is 4. The van der Waals surface area contributed by atoms with Gasteiger partial charge in [0.05, 0.1) is 17.0 Å². The van der Waals surface area contributed by atoms with Crippen molar-refractivity contribution in [1.29, 1.82) is 0 Å². The van der Waals surface area contributed by atoms with Crippen LogP contribution in [-0.2, 0) is 12.8 Å². The van der Waals surface area contributed by atoms with Crippen LogP contribution < -0.4 is 5.32 Å². The van der Waals surface area contributed by atoms with Gasteiger partial charge in [0.15, 0.2) is 5.78 Å². The number of carbonyl (C=O) groups is 2. The number of carbonyl (C=O) groups excluding carboxylic acids is 2. The van der Waals surface area contributed by atoms with Crippen molar-refractivity contribution in [2.45, 2.75) is 47.0 Å². The van der Waals surface area contributed by atoms with Crippen molar-refractivity contribution >= 4 is 11.7 Å². The zero-order valence-corrected chi connectivity index (χ0v) is 15.8. The highest BCUT2D eigenvalue weighted by atomic mass is 16.1. The summed E-state index contributed by atoms with van der Waals surface area (Å²) in [5.74, 6) is -0.132. The molecule has 0 saturated heterocycles. The van der Waals surface area contributed by atoms with Crippen molar-refractivity contribution in [3.05, 3.63) is 47.0 Å². The van der Waals surface area contributed by atoms with Crippen LogP contribution in [0.25, 0.3) is 11.1 Å². The molecule has 2 aromatic heterocycles. The van der Waals surface area contributed by atoms with Crippen LogP contribution in [0.1, 0.15) is 66.2 Å². The Bertz CT molecular complexity index is 857. The molecule has 1 aliphatic rings. The van der Waals surface area contributed by atoms with E-state index in [0.29, 0.717) is 36.1 Å². The van der Waals surface area contributed by atoms with Gasteiger partial charge < -0.3 is 5.32 Å². The van der Waals surface area contributed by atoms with Crippen LogP contribution in [0.4, 0.5) is 0 Å². The molecule has 0 aliphatic heterocycles. The first-order valence-corrected chi connectivity index (χ1v) is 9.15. The van der Waals surface area contributed by atoms with Crippen molar-refractivity contribution < 1.29 is 9.59 Å². The number of aryl methyl sites for hydroxylation is 1. The van der Waals surface area contributed by atoms with E-state index in [-0.39, 0.29) is 17.1 Å². The van der Waals surface area contributed by atoms with E-state index >= 15 is 0 Å². The molecule has 0 unspecified atom stereocenters. The molecule has 0 aromatic carbocycles. The molecule has 0 radical (unpaired) electrons. The van der Waals surface area contributed by atoms with Crippen LogP contribution in [0, 0.1) is 5.41 Å². The third kappa shape index (κ3) is 3.26. The number of amides is 1. The molecule has 3 rings (SSSR count). The Morgan fingerprint density at radius 1 is 1.23 bits per heavy atom. The Morgan fingerprint density at radius 3 is 2.62 bits per heavy atom. The summed E-state index contributed by atoms with van der Waals surface area (Å²) in [6.45, 7) is 8.56. The van der Waals surface area contributed by atoms with Crippen molar-refractivity contribution in [1.82, 2.24) is 15.3 Å². The molecule has 2 aromatic rings. The number of fused-ring (bicyclic) bond motifs is 1. The lowest BCUT2D eigenvalue weighted by atomic mass is 9.73. The van der Waals surface area contributed by atoms with Gasteiger partial charge in [-0.05, 0) is 31.2 Å². The number of aromatic nitrogens is 2. The van der Waals surface area contributed by atoms with Crippen molar-refractivity contribution in [2.24, 2.45) is 5.41 Å². The Balaban J connectivity index is 2.37. The van der Waals surface area contributed by atoms with Gasteiger partial charge in [-0.3, -0.25) is 19.6 Å². The van der Waals surface area contributed by atoms with E-state index in [2.05, 4.69) is 24.1 Å². The summed E-state index contributed by atoms with van der Waals surface area (Å²) >= 11 is 0. The topological polar surface area (TPSA) is 72.0 Å². The van der Waals surface area contributed by atoms with E-state index < -0.39 is 0 Å². The molecule has 0 fully saturated rings.